The van der Waals surface area contributed by atoms with E-state index >= 15 is 0 Å². The summed E-state index contributed by atoms with van der Waals surface area (Å²) >= 11 is 3.34. The molecule has 138 valence electrons. The van der Waals surface area contributed by atoms with Crippen molar-refractivity contribution in [1.29, 1.82) is 0 Å². The molecule has 0 unspecified atom stereocenters. The van der Waals surface area contributed by atoms with Gasteiger partial charge >= 0.3 is 5.97 Å². The van der Waals surface area contributed by atoms with Crippen LogP contribution in [0.15, 0.2) is 59.2 Å². The SMILES string of the molecule is Cc1ccc(C(=O)OCc2cn(CC(=O)Nc3ccc(Br)cc3)nn2)cc1. The zero-order valence-electron chi connectivity index (χ0n) is 14.6. The highest BCUT2D eigenvalue weighted by Gasteiger charge is 2.10. The van der Waals surface area contributed by atoms with Gasteiger partial charge in [0, 0.05) is 10.2 Å². The fourth-order valence-electron chi connectivity index (χ4n) is 2.28. The predicted octanol–water partition coefficient (Wildman–Crippen LogP) is 3.34. The number of amides is 1. The Kier molecular flexibility index (Phi) is 5.97. The molecule has 0 bridgehead atoms. The third-order valence-electron chi connectivity index (χ3n) is 3.66. The summed E-state index contributed by atoms with van der Waals surface area (Å²) in [6.45, 7) is 1.94. The van der Waals surface area contributed by atoms with E-state index in [1.54, 1.807) is 30.5 Å². The second-order valence-electron chi connectivity index (χ2n) is 5.90. The number of rotatable bonds is 6. The van der Waals surface area contributed by atoms with Gasteiger partial charge in [0.2, 0.25) is 5.91 Å². The van der Waals surface area contributed by atoms with Crippen LogP contribution in [0.3, 0.4) is 0 Å². The van der Waals surface area contributed by atoms with Crippen molar-refractivity contribution in [3.63, 3.8) is 0 Å². The summed E-state index contributed by atoms with van der Waals surface area (Å²) < 4.78 is 7.54. The minimum absolute atomic E-state index is 0.00890. The third kappa shape index (κ3) is 5.49. The molecule has 1 aromatic heterocycles. The van der Waals surface area contributed by atoms with E-state index in [1.165, 1.54) is 4.68 Å². The largest absolute Gasteiger partial charge is 0.455 e. The molecule has 0 fully saturated rings. The smallest absolute Gasteiger partial charge is 0.338 e. The second kappa shape index (κ2) is 8.59. The van der Waals surface area contributed by atoms with Crippen molar-refractivity contribution in [3.05, 3.63) is 76.0 Å². The van der Waals surface area contributed by atoms with E-state index in [0.717, 1.165) is 10.0 Å². The summed E-state index contributed by atoms with van der Waals surface area (Å²) in [5, 5.41) is 10.6. The lowest BCUT2D eigenvalue weighted by molar-refractivity contribution is -0.116. The van der Waals surface area contributed by atoms with Crippen LogP contribution in [0.25, 0.3) is 0 Å². The maximum Gasteiger partial charge on any atom is 0.338 e. The maximum absolute atomic E-state index is 12.1. The van der Waals surface area contributed by atoms with Gasteiger partial charge in [-0.05, 0) is 43.3 Å². The fraction of sp³-hybridized carbons (Fsp3) is 0.158. The van der Waals surface area contributed by atoms with Crippen molar-refractivity contribution < 1.29 is 14.3 Å². The highest BCUT2D eigenvalue weighted by atomic mass is 79.9. The highest BCUT2D eigenvalue weighted by molar-refractivity contribution is 9.10. The predicted molar refractivity (Wildman–Crippen MR) is 103 cm³/mol. The molecule has 3 rings (SSSR count). The highest BCUT2D eigenvalue weighted by Crippen LogP contribution is 2.14. The summed E-state index contributed by atoms with van der Waals surface area (Å²) in [5.41, 5.74) is 2.69. The third-order valence-corrected chi connectivity index (χ3v) is 4.19. The Balaban J connectivity index is 1.50. The topological polar surface area (TPSA) is 86.1 Å². The number of benzene rings is 2. The standard InChI is InChI=1S/C19H17BrN4O3/c1-13-2-4-14(5-3-13)19(26)27-12-17-10-24(23-22-17)11-18(25)21-16-8-6-15(20)7-9-16/h2-10H,11-12H2,1H3,(H,21,25). The van der Waals surface area contributed by atoms with Crippen molar-refractivity contribution in [2.75, 3.05) is 5.32 Å². The lowest BCUT2D eigenvalue weighted by atomic mass is 10.1. The minimum Gasteiger partial charge on any atom is -0.455 e. The van der Waals surface area contributed by atoms with Gasteiger partial charge < -0.3 is 10.1 Å². The Morgan fingerprint density at radius 3 is 2.52 bits per heavy atom. The zero-order chi connectivity index (χ0) is 19.2. The van der Waals surface area contributed by atoms with Crippen molar-refractivity contribution >= 4 is 33.5 Å². The number of ether oxygens (including phenoxy) is 1. The Labute approximate surface area is 164 Å². The molecule has 1 N–H and O–H groups in total. The summed E-state index contributed by atoms with van der Waals surface area (Å²) in [5.74, 6) is -0.664. The molecule has 1 heterocycles. The van der Waals surface area contributed by atoms with Crippen LogP contribution in [0.5, 0.6) is 0 Å². The van der Waals surface area contributed by atoms with Crippen LogP contribution >= 0.6 is 15.9 Å². The van der Waals surface area contributed by atoms with E-state index in [4.69, 9.17) is 4.74 Å². The lowest BCUT2D eigenvalue weighted by Crippen LogP contribution is -2.19. The number of hydrogen-bond donors (Lipinski definition) is 1. The van der Waals surface area contributed by atoms with Gasteiger partial charge in [-0.15, -0.1) is 5.10 Å². The van der Waals surface area contributed by atoms with Crippen molar-refractivity contribution in [3.8, 4) is 0 Å². The molecule has 7 nitrogen and oxygen atoms in total. The molecule has 0 aliphatic heterocycles. The van der Waals surface area contributed by atoms with Crippen LogP contribution in [0.1, 0.15) is 21.6 Å². The van der Waals surface area contributed by atoms with Crippen LogP contribution in [-0.4, -0.2) is 26.9 Å². The molecule has 0 saturated carbocycles. The molecule has 27 heavy (non-hydrogen) atoms. The number of aromatic nitrogens is 3. The first-order chi connectivity index (χ1) is 13.0. The number of esters is 1. The van der Waals surface area contributed by atoms with Gasteiger partial charge in [-0.25, -0.2) is 9.48 Å². The number of nitrogens with zero attached hydrogens (tertiary/aromatic N) is 3. The van der Waals surface area contributed by atoms with Crippen LogP contribution < -0.4 is 5.32 Å². The summed E-state index contributed by atoms with van der Waals surface area (Å²) in [6.07, 6.45) is 1.57. The first-order valence-corrected chi connectivity index (χ1v) is 8.97. The molecule has 0 atom stereocenters. The summed E-state index contributed by atoms with van der Waals surface area (Å²) in [4.78, 5) is 24.1. The molecule has 3 aromatic rings. The van der Waals surface area contributed by atoms with Gasteiger partial charge in [0.25, 0.3) is 0 Å². The number of carbonyl (C=O) groups excluding carboxylic acids is 2. The molecule has 8 heteroatoms. The first kappa shape index (κ1) is 18.8. The number of halogens is 1. The van der Waals surface area contributed by atoms with Crippen LogP contribution in [-0.2, 0) is 22.7 Å². The van der Waals surface area contributed by atoms with Crippen molar-refractivity contribution in [2.24, 2.45) is 0 Å². The quantitative estimate of drug-likeness (QED) is 0.608. The van der Waals surface area contributed by atoms with Gasteiger partial charge in [-0.2, -0.15) is 0 Å². The number of carbonyl (C=O) groups is 2. The van der Waals surface area contributed by atoms with Crippen molar-refractivity contribution in [2.45, 2.75) is 20.1 Å². The molecule has 0 saturated heterocycles. The number of hydrogen-bond acceptors (Lipinski definition) is 5. The molecular formula is C19H17BrN4O3. The average molecular weight is 429 g/mol. The monoisotopic (exact) mass is 428 g/mol. The fourth-order valence-corrected chi connectivity index (χ4v) is 2.54. The molecule has 0 aliphatic carbocycles. The summed E-state index contributed by atoms with van der Waals surface area (Å²) in [6, 6.07) is 14.4. The molecule has 0 spiro atoms. The lowest BCUT2D eigenvalue weighted by Gasteiger charge is -2.05. The van der Waals surface area contributed by atoms with Crippen molar-refractivity contribution in [1.82, 2.24) is 15.0 Å². The van der Waals surface area contributed by atoms with Gasteiger partial charge in [0.1, 0.15) is 18.8 Å². The van der Waals surface area contributed by atoms with E-state index in [-0.39, 0.29) is 19.1 Å². The number of aryl methyl sites for hydroxylation is 1. The van der Waals surface area contributed by atoms with E-state index in [9.17, 15) is 9.59 Å². The van der Waals surface area contributed by atoms with E-state index in [2.05, 4.69) is 31.6 Å². The Bertz CT molecular complexity index is 936. The van der Waals surface area contributed by atoms with Crippen LogP contribution in [0, 0.1) is 6.92 Å². The zero-order valence-corrected chi connectivity index (χ0v) is 16.1. The average Bonchev–Trinajstić information content (AvgIpc) is 3.09. The second-order valence-corrected chi connectivity index (χ2v) is 6.82. The number of nitrogens with one attached hydrogen (secondary N) is 1. The summed E-state index contributed by atoms with van der Waals surface area (Å²) in [7, 11) is 0. The molecular weight excluding hydrogens is 412 g/mol. The number of anilines is 1. The maximum atomic E-state index is 12.1. The first-order valence-electron chi connectivity index (χ1n) is 8.18. The van der Waals surface area contributed by atoms with Gasteiger partial charge in [0.05, 0.1) is 11.8 Å². The van der Waals surface area contributed by atoms with E-state index in [1.807, 2.05) is 31.2 Å². The van der Waals surface area contributed by atoms with Crippen LogP contribution in [0.2, 0.25) is 0 Å². The Morgan fingerprint density at radius 2 is 1.81 bits per heavy atom. The molecule has 0 radical (unpaired) electrons. The van der Waals surface area contributed by atoms with Crippen LogP contribution in [0.4, 0.5) is 5.69 Å². The van der Waals surface area contributed by atoms with Gasteiger partial charge in [-0.1, -0.05) is 38.8 Å². The normalized spacial score (nSPS) is 10.4. The molecule has 2 aromatic carbocycles. The van der Waals surface area contributed by atoms with E-state index in [0.29, 0.717) is 16.9 Å². The van der Waals surface area contributed by atoms with Gasteiger partial charge in [-0.3, -0.25) is 4.79 Å². The van der Waals surface area contributed by atoms with E-state index < -0.39 is 5.97 Å². The Hall–Kier alpha value is -3.00. The van der Waals surface area contributed by atoms with Gasteiger partial charge in [0.15, 0.2) is 0 Å². The molecule has 1 amide bonds. The Morgan fingerprint density at radius 1 is 1.11 bits per heavy atom. The molecule has 0 aliphatic rings. The minimum atomic E-state index is -0.433.